The van der Waals surface area contributed by atoms with E-state index in [9.17, 15) is 0 Å². The number of nitrogens with zero attached hydrogens (tertiary/aromatic N) is 1. The van der Waals surface area contributed by atoms with Crippen LogP contribution in [-0.2, 0) is 6.42 Å². The van der Waals surface area contributed by atoms with Crippen LogP contribution >= 0.6 is 11.3 Å². The first-order chi connectivity index (χ1) is 8.76. The molecular weight excluding hydrogens is 242 g/mol. The average molecular weight is 269 g/mol. The molecule has 1 rings (SSSR count). The van der Waals surface area contributed by atoms with Gasteiger partial charge in [-0.3, -0.25) is 0 Å². The molecular formula is C14H27N3S. The highest BCUT2D eigenvalue weighted by Gasteiger charge is 2.04. The van der Waals surface area contributed by atoms with Crippen molar-refractivity contribution in [1.82, 2.24) is 10.3 Å². The van der Waals surface area contributed by atoms with Gasteiger partial charge in [-0.25, -0.2) is 4.98 Å². The van der Waals surface area contributed by atoms with Gasteiger partial charge < -0.3 is 11.1 Å². The number of nitrogens with two attached hydrogens (primary N) is 1. The molecule has 1 unspecified atom stereocenters. The number of hydrogen-bond acceptors (Lipinski definition) is 4. The van der Waals surface area contributed by atoms with E-state index in [4.69, 9.17) is 5.73 Å². The monoisotopic (exact) mass is 269 g/mol. The SMILES string of the molecule is CCC(CCN)CCCNCCc1nc(C)cs1. The summed E-state index contributed by atoms with van der Waals surface area (Å²) in [7, 11) is 0. The Hall–Kier alpha value is -0.450. The van der Waals surface area contributed by atoms with Gasteiger partial charge in [0, 0.05) is 24.0 Å². The van der Waals surface area contributed by atoms with Crippen molar-refractivity contribution in [3.8, 4) is 0 Å². The van der Waals surface area contributed by atoms with E-state index in [1.54, 1.807) is 11.3 Å². The summed E-state index contributed by atoms with van der Waals surface area (Å²) in [6.45, 7) is 7.30. The van der Waals surface area contributed by atoms with Crippen LogP contribution in [-0.4, -0.2) is 24.6 Å². The van der Waals surface area contributed by atoms with Crippen LogP contribution in [0.25, 0.3) is 0 Å². The van der Waals surface area contributed by atoms with E-state index in [2.05, 4.69) is 29.5 Å². The predicted octanol–water partition coefficient (Wildman–Crippen LogP) is 2.74. The predicted molar refractivity (Wildman–Crippen MR) is 80.1 cm³/mol. The smallest absolute Gasteiger partial charge is 0.0940 e. The van der Waals surface area contributed by atoms with Gasteiger partial charge in [-0.2, -0.15) is 0 Å². The maximum atomic E-state index is 5.60. The number of aryl methyl sites for hydroxylation is 1. The molecule has 0 aliphatic carbocycles. The maximum Gasteiger partial charge on any atom is 0.0940 e. The molecule has 1 aromatic rings. The highest BCUT2D eigenvalue weighted by atomic mass is 32.1. The highest BCUT2D eigenvalue weighted by Crippen LogP contribution is 2.13. The number of hydrogen-bond donors (Lipinski definition) is 2. The zero-order chi connectivity index (χ0) is 13.2. The Morgan fingerprint density at radius 2 is 2.22 bits per heavy atom. The number of thiazole rings is 1. The van der Waals surface area contributed by atoms with Gasteiger partial charge in [0.1, 0.15) is 0 Å². The van der Waals surface area contributed by atoms with E-state index >= 15 is 0 Å². The highest BCUT2D eigenvalue weighted by molar-refractivity contribution is 7.09. The standard InChI is InChI=1S/C14H27N3S/c1-3-13(6-8-15)5-4-9-16-10-7-14-17-12(2)11-18-14/h11,13,16H,3-10,15H2,1-2H3. The van der Waals surface area contributed by atoms with Crippen molar-refractivity contribution in [2.24, 2.45) is 11.7 Å². The number of rotatable bonds is 10. The van der Waals surface area contributed by atoms with E-state index in [1.165, 1.54) is 30.7 Å². The molecule has 18 heavy (non-hydrogen) atoms. The summed E-state index contributed by atoms with van der Waals surface area (Å²) in [5, 5.41) is 6.86. The fourth-order valence-electron chi connectivity index (χ4n) is 2.14. The minimum atomic E-state index is 0.818. The van der Waals surface area contributed by atoms with E-state index in [1.807, 2.05) is 0 Å². The van der Waals surface area contributed by atoms with Crippen molar-refractivity contribution in [3.63, 3.8) is 0 Å². The van der Waals surface area contributed by atoms with Gasteiger partial charge in [0.15, 0.2) is 0 Å². The van der Waals surface area contributed by atoms with Crippen LogP contribution in [0, 0.1) is 12.8 Å². The Morgan fingerprint density at radius 3 is 2.83 bits per heavy atom. The van der Waals surface area contributed by atoms with Crippen molar-refractivity contribution in [3.05, 3.63) is 16.1 Å². The third kappa shape index (κ3) is 6.47. The molecule has 0 saturated heterocycles. The Kier molecular flexibility index (Phi) is 8.22. The minimum absolute atomic E-state index is 0.818. The molecule has 3 nitrogen and oxygen atoms in total. The van der Waals surface area contributed by atoms with E-state index in [-0.39, 0.29) is 0 Å². The lowest BCUT2D eigenvalue weighted by Crippen LogP contribution is -2.19. The van der Waals surface area contributed by atoms with Crippen LogP contribution in [0.15, 0.2) is 5.38 Å². The summed E-state index contributed by atoms with van der Waals surface area (Å²) >= 11 is 1.76. The Balaban J connectivity index is 1.98. The van der Waals surface area contributed by atoms with Crippen molar-refractivity contribution in [2.45, 2.75) is 46.0 Å². The second-order valence-electron chi connectivity index (χ2n) is 4.88. The molecule has 1 aromatic heterocycles. The van der Waals surface area contributed by atoms with Gasteiger partial charge in [-0.05, 0) is 45.2 Å². The zero-order valence-electron chi connectivity index (χ0n) is 11.7. The molecule has 0 fully saturated rings. The zero-order valence-corrected chi connectivity index (χ0v) is 12.6. The molecule has 0 aliphatic heterocycles. The second kappa shape index (κ2) is 9.48. The quantitative estimate of drug-likeness (QED) is 0.642. The first-order valence-corrected chi connectivity index (χ1v) is 7.96. The second-order valence-corrected chi connectivity index (χ2v) is 5.82. The molecule has 4 heteroatoms. The summed E-state index contributed by atoms with van der Waals surface area (Å²) in [5.41, 5.74) is 6.74. The molecule has 0 spiro atoms. The Morgan fingerprint density at radius 1 is 1.39 bits per heavy atom. The summed E-state index contributed by atoms with van der Waals surface area (Å²) in [5.74, 6) is 0.818. The maximum absolute atomic E-state index is 5.60. The normalized spacial score (nSPS) is 12.8. The fourth-order valence-corrected chi connectivity index (χ4v) is 2.92. The lowest BCUT2D eigenvalue weighted by Gasteiger charge is -2.13. The molecule has 0 aromatic carbocycles. The number of nitrogens with one attached hydrogen (secondary N) is 1. The van der Waals surface area contributed by atoms with Crippen molar-refractivity contribution >= 4 is 11.3 Å². The lowest BCUT2D eigenvalue weighted by atomic mass is 9.97. The van der Waals surface area contributed by atoms with Gasteiger partial charge in [0.05, 0.1) is 5.01 Å². The van der Waals surface area contributed by atoms with Gasteiger partial charge >= 0.3 is 0 Å². The number of aromatic nitrogens is 1. The van der Waals surface area contributed by atoms with Crippen molar-refractivity contribution in [1.29, 1.82) is 0 Å². The molecule has 1 heterocycles. The lowest BCUT2D eigenvalue weighted by molar-refractivity contribution is 0.423. The average Bonchev–Trinajstić information content (AvgIpc) is 2.78. The third-order valence-corrected chi connectivity index (χ3v) is 4.33. The molecule has 3 N–H and O–H groups in total. The van der Waals surface area contributed by atoms with Crippen LogP contribution < -0.4 is 11.1 Å². The summed E-state index contributed by atoms with van der Waals surface area (Å²) in [6, 6.07) is 0. The molecule has 1 atom stereocenters. The van der Waals surface area contributed by atoms with Gasteiger partial charge in [0.25, 0.3) is 0 Å². The first-order valence-electron chi connectivity index (χ1n) is 7.08. The molecule has 0 bridgehead atoms. The van der Waals surface area contributed by atoms with Crippen molar-refractivity contribution < 1.29 is 0 Å². The summed E-state index contributed by atoms with van der Waals surface area (Å²) in [6.07, 6.45) is 6.05. The Labute approximate surface area is 115 Å². The van der Waals surface area contributed by atoms with Crippen molar-refractivity contribution in [2.75, 3.05) is 19.6 Å². The Bertz CT molecular complexity index is 312. The van der Waals surface area contributed by atoms with Crippen LogP contribution in [0.2, 0.25) is 0 Å². The summed E-state index contributed by atoms with van der Waals surface area (Å²) in [4.78, 5) is 4.46. The molecule has 0 amide bonds. The van der Waals surface area contributed by atoms with Gasteiger partial charge in [0.2, 0.25) is 0 Å². The van der Waals surface area contributed by atoms with Crippen LogP contribution in [0.3, 0.4) is 0 Å². The van der Waals surface area contributed by atoms with Crippen LogP contribution in [0.1, 0.15) is 43.3 Å². The first kappa shape index (κ1) is 15.6. The largest absolute Gasteiger partial charge is 0.330 e. The van der Waals surface area contributed by atoms with E-state index in [0.717, 1.165) is 37.7 Å². The van der Waals surface area contributed by atoms with Gasteiger partial charge in [-0.15, -0.1) is 11.3 Å². The van der Waals surface area contributed by atoms with Crippen LogP contribution in [0.4, 0.5) is 0 Å². The van der Waals surface area contributed by atoms with E-state index < -0.39 is 0 Å². The third-order valence-electron chi connectivity index (χ3n) is 3.30. The molecule has 104 valence electrons. The topological polar surface area (TPSA) is 50.9 Å². The molecule has 0 radical (unpaired) electrons. The van der Waals surface area contributed by atoms with Gasteiger partial charge in [-0.1, -0.05) is 13.3 Å². The molecule has 0 aliphatic rings. The minimum Gasteiger partial charge on any atom is -0.330 e. The van der Waals surface area contributed by atoms with E-state index in [0.29, 0.717) is 0 Å². The fraction of sp³-hybridized carbons (Fsp3) is 0.786. The summed E-state index contributed by atoms with van der Waals surface area (Å²) < 4.78 is 0. The van der Waals surface area contributed by atoms with Crippen LogP contribution in [0.5, 0.6) is 0 Å². The molecule has 0 saturated carbocycles.